The van der Waals surface area contributed by atoms with Gasteiger partial charge in [0.2, 0.25) is 0 Å². The zero-order chi connectivity index (χ0) is 15.0. The van der Waals surface area contributed by atoms with Crippen molar-refractivity contribution < 1.29 is 9.18 Å². The second-order valence-corrected chi connectivity index (χ2v) is 6.24. The van der Waals surface area contributed by atoms with Crippen molar-refractivity contribution in [2.75, 3.05) is 5.32 Å². The van der Waals surface area contributed by atoms with Gasteiger partial charge >= 0.3 is 0 Å². The van der Waals surface area contributed by atoms with Gasteiger partial charge in [0.05, 0.1) is 11.4 Å². The van der Waals surface area contributed by atoms with Crippen molar-refractivity contribution >= 4 is 49.2 Å². The van der Waals surface area contributed by atoms with Crippen LogP contribution in [0.4, 0.5) is 10.1 Å². The lowest BCUT2D eigenvalue weighted by molar-refractivity contribution is -0.120. The number of nitrogens with zero attached hydrogens (tertiary/aromatic N) is 1. The molecule has 1 atom stereocenters. The molecule has 0 spiro atoms. The molecule has 0 fully saturated rings. The number of alkyl halides is 1. The van der Waals surface area contributed by atoms with Gasteiger partial charge in [-0.05, 0) is 24.3 Å². The summed E-state index contributed by atoms with van der Waals surface area (Å²) in [6, 6.07) is 12.7. The number of aliphatic imine (C=N–C) groups is 1. The molecule has 106 valence electrons. The summed E-state index contributed by atoms with van der Waals surface area (Å²) >= 11 is 6.83. The van der Waals surface area contributed by atoms with Gasteiger partial charge in [0.1, 0.15) is 0 Å². The van der Waals surface area contributed by atoms with Crippen molar-refractivity contribution in [1.29, 1.82) is 0 Å². The molecule has 0 bridgehead atoms. The maximum Gasteiger partial charge on any atom is 0.281 e. The van der Waals surface area contributed by atoms with Crippen molar-refractivity contribution in [3.05, 3.63) is 62.5 Å². The van der Waals surface area contributed by atoms with Crippen LogP contribution < -0.4 is 5.32 Å². The quantitative estimate of drug-likeness (QED) is 0.698. The first-order chi connectivity index (χ1) is 10.1. The molecule has 1 N–H and O–H groups in total. The monoisotopic (exact) mass is 410 g/mol. The molecule has 0 saturated heterocycles. The fourth-order valence-corrected chi connectivity index (χ4v) is 2.96. The van der Waals surface area contributed by atoms with Gasteiger partial charge in [0.25, 0.3) is 12.2 Å². The molecular formula is C15H9Br2FN2O. The largest absolute Gasteiger partial charge is 0.321 e. The van der Waals surface area contributed by atoms with Crippen LogP contribution in [0.2, 0.25) is 0 Å². The van der Waals surface area contributed by atoms with Crippen LogP contribution in [0.3, 0.4) is 0 Å². The number of hydrogen-bond acceptors (Lipinski definition) is 2. The Balaban J connectivity index is 2.27. The number of fused-ring (bicyclic) bond motifs is 1. The molecule has 2 aromatic carbocycles. The van der Waals surface area contributed by atoms with E-state index in [1.165, 1.54) is 0 Å². The minimum absolute atomic E-state index is 0.435. The van der Waals surface area contributed by atoms with Crippen LogP contribution >= 0.6 is 31.9 Å². The zero-order valence-electron chi connectivity index (χ0n) is 10.6. The van der Waals surface area contributed by atoms with Crippen LogP contribution in [0, 0.1) is 0 Å². The molecule has 0 aliphatic carbocycles. The lowest BCUT2D eigenvalue weighted by atomic mass is 10.0. The number of carbonyl (C=O) groups excluding carboxylic acids is 1. The second kappa shape index (κ2) is 5.69. The lowest BCUT2D eigenvalue weighted by Crippen LogP contribution is -2.21. The summed E-state index contributed by atoms with van der Waals surface area (Å²) < 4.78 is 15.6. The van der Waals surface area contributed by atoms with Crippen LogP contribution in [-0.4, -0.2) is 17.9 Å². The predicted molar refractivity (Wildman–Crippen MR) is 87.4 cm³/mol. The van der Waals surface area contributed by atoms with Crippen LogP contribution in [0.15, 0.2) is 56.4 Å². The Morgan fingerprint density at radius 2 is 1.86 bits per heavy atom. The zero-order valence-corrected chi connectivity index (χ0v) is 13.8. The highest BCUT2D eigenvalue weighted by molar-refractivity contribution is 9.10. The van der Waals surface area contributed by atoms with E-state index in [4.69, 9.17) is 0 Å². The topological polar surface area (TPSA) is 41.5 Å². The minimum Gasteiger partial charge on any atom is -0.321 e. The summed E-state index contributed by atoms with van der Waals surface area (Å²) in [5.74, 6) is -0.763. The van der Waals surface area contributed by atoms with E-state index in [-0.39, 0.29) is 0 Å². The smallest absolute Gasteiger partial charge is 0.281 e. The summed E-state index contributed by atoms with van der Waals surface area (Å²) in [5, 5.41) is 2.55. The number of hydrogen-bond donors (Lipinski definition) is 1. The van der Waals surface area contributed by atoms with E-state index in [1.807, 2.05) is 30.3 Å². The summed E-state index contributed by atoms with van der Waals surface area (Å²) in [4.78, 5) is 15.7. The average Bonchev–Trinajstić information content (AvgIpc) is 2.58. The third-order valence-electron chi connectivity index (χ3n) is 3.08. The number of benzodiazepines with no additional fused rings is 1. The Labute approximate surface area is 137 Å². The fraction of sp³-hybridized carbons (Fsp3) is 0.0667. The van der Waals surface area contributed by atoms with Crippen molar-refractivity contribution in [1.82, 2.24) is 0 Å². The molecule has 3 rings (SSSR count). The van der Waals surface area contributed by atoms with Crippen molar-refractivity contribution in [2.45, 2.75) is 6.30 Å². The van der Waals surface area contributed by atoms with E-state index in [9.17, 15) is 9.18 Å². The number of nitrogens with one attached hydrogen (secondary N) is 1. The lowest BCUT2D eigenvalue weighted by Gasteiger charge is -2.11. The highest BCUT2D eigenvalue weighted by Crippen LogP contribution is 2.30. The molecular weight excluding hydrogens is 403 g/mol. The van der Waals surface area contributed by atoms with E-state index in [1.54, 1.807) is 12.1 Å². The van der Waals surface area contributed by atoms with Gasteiger partial charge in [-0.3, -0.25) is 4.79 Å². The minimum atomic E-state index is -1.93. The molecule has 0 aromatic heterocycles. The molecule has 1 aliphatic heterocycles. The predicted octanol–water partition coefficient (Wildman–Crippen LogP) is 4.30. The molecule has 2 aromatic rings. The molecule has 1 heterocycles. The van der Waals surface area contributed by atoms with Crippen LogP contribution in [0.25, 0.3) is 0 Å². The van der Waals surface area contributed by atoms with E-state index in [0.717, 1.165) is 14.5 Å². The molecule has 0 saturated carbocycles. The Morgan fingerprint density at radius 3 is 2.62 bits per heavy atom. The highest BCUT2D eigenvalue weighted by Gasteiger charge is 2.26. The Hall–Kier alpha value is -1.53. The molecule has 6 heteroatoms. The van der Waals surface area contributed by atoms with E-state index < -0.39 is 12.2 Å². The van der Waals surface area contributed by atoms with Gasteiger partial charge in [-0.2, -0.15) is 0 Å². The first kappa shape index (κ1) is 14.4. The number of rotatable bonds is 1. The first-order valence-corrected chi connectivity index (χ1v) is 7.72. The van der Waals surface area contributed by atoms with Crippen LogP contribution in [-0.2, 0) is 4.79 Å². The Bertz CT molecular complexity index is 761. The highest BCUT2D eigenvalue weighted by atomic mass is 79.9. The van der Waals surface area contributed by atoms with Crippen molar-refractivity contribution in [3.63, 3.8) is 0 Å². The molecule has 21 heavy (non-hydrogen) atoms. The number of benzene rings is 2. The van der Waals surface area contributed by atoms with E-state index in [2.05, 4.69) is 42.2 Å². The number of anilines is 1. The van der Waals surface area contributed by atoms with Crippen LogP contribution in [0.5, 0.6) is 0 Å². The maximum atomic E-state index is 13.9. The maximum absolute atomic E-state index is 13.9. The van der Waals surface area contributed by atoms with Gasteiger partial charge in [0.15, 0.2) is 0 Å². The fourth-order valence-electron chi connectivity index (χ4n) is 2.12. The summed E-state index contributed by atoms with van der Waals surface area (Å²) in [7, 11) is 0. The SMILES string of the molecule is O=C1Nc2ccc(Br)cc2C(c2ccccc2Br)=NC1F. The number of amides is 1. The third kappa shape index (κ3) is 2.78. The number of halogens is 3. The van der Waals surface area contributed by atoms with Gasteiger partial charge < -0.3 is 5.32 Å². The third-order valence-corrected chi connectivity index (χ3v) is 4.27. The molecule has 1 amide bonds. The normalized spacial score (nSPS) is 17.6. The second-order valence-electron chi connectivity index (χ2n) is 4.47. The molecule has 1 aliphatic rings. The average molecular weight is 412 g/mol. The van der Waals surface area contributed by atoms with Crippen molar-refractivity contribution in [3.8, 4) is 0 Å². The first-order valence-electron chi connectivity index (χ1n) is 6.14. The molecule has 1 unspecified atom stereocenters. The summed E-state index contributed by atoms with van der Waals surface area (Å²) in [5.41, 5.74) is 2.38. The van der Waals surface area contributed by atoms with E-state index >= 15 is 0 Å². The number of carbonyl (C=O) groups is 1. The Kier molecular flexibility index (Phi) is 3.91. The molecule has 0 radical (unpaired) electrons. The van der Waals surface area contributed by atoms with E-state index in [0.29, 0.717) is 17.0 Å². The van der Waals surface area contributed by atoms with Crippen LogP contribution in [0.1, 0.15) is 11.1 Å². The van der Waals surface area contributed by atoms with Gasteiger partial charge in [-0.1, -0.05) is 50.1 Å². The Morgan fingerprint density at radius 1 is 1.10 bits per heavy atom. The standard InChI is InChI=1S/C15H9Br2FN2O/c16-8-5-6-12-10(7-8)13(20-14(18)15(21)19-12)9-3-1-2-4-11(9)17/h1-7,14H,(H,19,21). The summed E-state index contributed by atoms with van der Waals surface area (Å²) in [6.07, 6.45) is -1.93. The van der Waals surface area contributed by atoms with Gasteiger partial charge in [-0.15, -0.1) is 0 Å². The molecule has 3 nitrogen and oxygen atoms in total. The van der Waals surface area contributed by atoms with Crippen molar-refractivity contribution in [2.24, 2.45) is 4.99 Å². The summed E-state index contributed by atoms with van der Waals surface area (Å²) in [6.45, 7) is 0. The van der Waals surface area contributed by atoms with Gasteiger partial charge in [-0.25, -0.2) is 9.38 Å². The van der Waals surface area contributed by atoms with Gasteiger partial charge in [0, 0.05) is 20.1 Å².